The molecule has 2 atom stereocenters. The molecular formula is C38H48FNO11. The molecule has 0 unspecified atom stereocenters. The van der Waals surface area contributed by atoms with Gasteiger partial charge in [0.05, 0.1) is 19.6 Å². The average molecular weight is 714 g/mol. The zero-order valence-corrected chi connectivity index (χ0v) is 30.4. The Morgan fingerprint density at radius 1 is 1.02 bits per heavy atom. The molecule has 0 aliphatic carbocycles. The maximum absolute atomic E-state index is 14.8. The summed E-state index contributed by atoms with van der Waals surface area (Å²) in [5.41, 5.74) is -0.999. The van der Waals surface area contributed by atoms with E-state index in [9.17, 15) is 28.4 Å². The van der Waals surface area contributed by atoms with Crippen molar-refractivity contribution in [3.05, 3.63) is 66.0 Å². The highest BCUT2D eigenvalue weighted by Gasteiger charge is 2.42. The number of ketones is 1. The molecular weight excluding hydrogens is 665 g/mol. The predicted molar refractivity (Wildman–Crippen MR) is 184 cm³/mol. The number of amides is 1. The van der Waals surface area contributed by atoms with Crippen LogP contribution in [-0.4, -0.2) is 80.1 Å². The SMILES string of the molecule is C=CC(=O)OCC(C)(C)C(=O)C(=O)N1CCCC[C@H]1C(=O)O[C@H](CCc1cc(F)c(OC)c(OC)c1)c1cccc(OCC(=O)OC(C)(C)C)c1. The number of halogens is 1. The first-order chi connectivity index (χ1) is 24.0. The molecule has 1 aliphatic heterocycles. The van der Waals surface area contributed by atoms with Crippen molar-refractivity contribution in [3.8, 4) is 17.2 Å². The van der Waals surface area contributed by atoms with Gasteiger partial charge in [-0.15, -0.1) is 0 Å². The van der Waals surface area contributed by atoms with E-state index in [1.165, 1.54) is 39.0 Å². The fourth-order valence-corrected chi connectivity index (χ4v) is 5.46. The molecule has 1 amide bonds. The van der Waals surface area contributed by atoms with Gasteiger partial charge in [-0.05, 0) is 102 Å². The number of carbonyl (C=O) groups is 5. The molecule has 1 aliphatic rings. The highest BCUT2D eigenvalue weighted by molar-refractivity contribution is 6.38. The Morgan fingerprint density at radius 3 is 2.39 bits per heavy atom. The van der Waals surface area contributed by atoms with Crippen LogP contribution in [0.5, 0.6) is 17.2 Å². The molecule has 0 saturated carbocycles. The van der Waals surface area contributed by atoms with Crippen molar-refractivity contribution in [2.45, 2.75) is 84.5 Å². The van der Waals surface area contributed by atoms with Crippen LogP contribution >= 0.6 is 0 Å². The van der Waals surface area contributed by atoms with Gasteiger partial charge in [-0.1, -0.05) is 18.7 Å². The van der Waals surface area contributed by atoms with Crippen molar-refractivity contribution in [1.82, 2.24) is 4.90 Å². The zero-order valence-electron chi connectivity index (χ0n) is 30.4. The minimum Gasteiger partial charge on any atom is -0.493 e. The molecule has 3 rings (SSSR count). The Morgan fingerprint density at radius 2 is 1.75 bits per heavy atom. The number of hydrogen-bond donors (Lipinski definition) is 0. The van der Waals surface area contributed by atoms with Crippen LogP contribution in [0.2, 0.25) is 0 Å². The quantitative estimate of drug-likeness (QED) is 0.0944. The second-order valence-corrected chi connectivity index (χ2v) is 13.8. The van der Waals surface area contributed by atoms with Crippen LogP contribution in [0.1, 0.15) is 77.5 Å². The van der Waals surface area contributed by atoms with Gasteiger partial charge < -0.3 is 33.3 Å². The largest absolute Gasteiger partial charge is 0.493 e. The summed E-state index contributed by atoms with van der Waals surface area (Å²) < 4.78 is 47.4. The van der Waals surface area contributed by atoms with Crippen LogP contribution < -0.4 is 14.2 Å². The molecule has 278 valence electrons. The third-order valence-electron chi connectivity index (χ3n) is 8.04. The van der Waals surface area contributed by atoms with Gasteiger partial charge in [0.1, 0.15) is 30.1 Å². The lowest BCUT2D eigenvalue weighted by Gasteiger charge is -2.36. The van der Waals surface area contributed by atoms with E-state index in [0.29, 0.717) is 29.7 Å². The Balaban J connectivity index is 1.88. The van der Waals surface area contributed by atoms with E-state index in [4.69, 9.17) is 28.4 Å². The number of Topliss-reactive ketones (excluding diaryl/α,β-unsaturated/α-hetero) is 1. The van der Waals surface area contributed by atoms with Gasteiger partial charge in [-0.2, -0.15) is 0 Å². The summed E-state index contributed by atoms with van der Waals surface area (Å²) in [4.78, 5) is 65.9. The van der Waals surface area contributed by atoms with Gasteiger partial charge >= 0.3 is 17.9 Å². The smallest absolute Gasteiger partial charge is 0.344 e. The van der Waals surface area contributed by atoms with E-state index < -0.39 is 58.6 Å². The first-order valence-electron chi connectivity index (χ1n) is 16.7. The van der Waals surface area contributed by atoms with Gasteiger partial charge in [-0.3, -0.25) is 9.59 Å². The summed E-state index contributed by atoms with van der Waals surface area (Å²) in [5, 5.41) is 0. The summed E-state index contributed by atoms with van der Waals surface area (Å²) in [7, 11) is 2.73. The second kappa shape index (κ2) is 17.8. The summed E-state index contributed by atoms with van der Waals surface area (Å²) >= 11 is 0. The van der Waals surface area contributed by atoms with Crippen LogP contribution in [0.4, 0.5) is 4.39 Å². The fraction of sp³-hybridized carbons (Fsp3) is 0.500. The van der Waals surface area contributed by atoms with Crippen molar-refractivity contribution in [1.29, 1.82) is 0 Å². The predicted octanol–water partition coefficient (Wildman–Crippen LogP) is 5.49. The molecule has 0 spiro atoms. The van der Waals surface area contributed by atoms with E-state index >= 15 is 0 Å². The third kappa shape index (κ3) is 11.5. The van der Waals surface area contributed by atoms with Gasteiger partial charge in [0.25, 0.3) is 5.91 Å². The Bertz CT molecular complexity index is 1600. The Hall–Kier alpha value is -4.94. The topological polar surface area (TPSA) is 144 Å². The number of likely N-dealkylation sites (tertiary alicyclic amines) is 1. The lowest BCUT2D eigenvalue weighted by Crippen LogP contribution is -2.53. The normalized spacial score (nSPS) is 15.2. The van der Waals surface area contributed by atoms with Crippen LogP contribution in [0.25, 0.3) is 0 Å². The molecule has 0 aromatic heterocycles. The van der Waals surface area contributed by atoms with E-state index in [2.05, 4.69) is 6.58 Å². The molecule has 2 aromatic carbocycles. The number of esters is 3. The van der Waals surface area contributed by atoms with Crippen molar-refractivity contribution in [2.75, 3.05) is 34.0 Å². The monoisotopic (exact) mass is 713 g/mol. The Labute approximate surface area is 298 Å². The fourth-order valence-electron chi connectivity index (χ4n) is 5.46. The van der Waals surface area contributed by atoms with Crippen molar-refractivity contribution < 1.29 is 56.8 Å². The molecule has 0 radical (unpaired) electrons. The molecule has 12 nitrogen and oxygen atoms in total. The lowest BCUT2D eigenvalue weighted by molar-refractivity contribution is -0.165. The minimum absolute atomic E-state index is 0.0438. The lowest BCUT2D eigenvalue weighted by atomic mass is 9.87. The summed E-state index contributed by atoms with van der Waals surface area (Å²) in [6.07, 6.45) is 1.90. The molecule has 1 fully saturated rings. The average Bonchev–Trinajstić information content (AvgIpc) is 3.09. The number of aryl methyl sites for hydroxylation is 1. The first-order valence-corrected chi connectivity index (χ1v) is 16.7. The number of methoxy groups -OCH3 is 2. The number of rotatable bonds is 16. The molecule has 1 saturated heterocycles. The maximum Gasteiger partial charge on any atom is 0.344 e. The highest BCUT2D eigenvalue weighted by atomic mass is 19.1. The van der Waals surface area contributed by atoms with Gasteiger partial charge in [0, 0.05) is 12.6 Å². The van der Waals surface area contributed by atoms with Crippen LogP contribution in [-0.2, 0) is 44.6 Å². The number of piperidine rings is 1. The first kappa shape index (κ1) is 40.5. The zero-order chi connectivity index (χ0) is 37.9. The van der Waals surface area contributed by atoms with E-state index in [1.54, 1.807) is 51.1 Å². The summed E-state index contributed by atoms with van der Waals surface area (Å²) in [6.45, 7) is 11.0. The minimum atomic E-state index is -1.36. The maximum atomic E-state index is 14.8. The molecule has 51 heavy (non-hydrogen) atoms. The number of hydrogen-bond acceptors (Lipinski definition) is 11. The molecule has 0 bridgehead atoms. The molecule has 0 N–H and O–H groups in total. The van der Waals surface area contributed by atoms with Crippen molar-refractivity contribution in [3.63, 3.8) is 0 Å². The summed E-state index contributed by atoms with van der Waals surface area (Å²) in [5.74, 6) is -3.88. The third-order valence-corrected chi connectivity index (χ3v) is 8.04. The number of benzene rings is 2. The van der Waals surface area contributed by atoms with E-state index in [0.717, 1.165) is 6.08 Å². The van der Waals surface area contributed by atoms with E-state index in [-0.39, 0.29) is 50.5 Å². The second-order valence-electron chi connectivity index (χ2n) is 13.8. The van der Waals surface area contributed by atoms with Crippen LogP contribution in [0, 0.1) is 11.2 Å². The standard InChI is InChI=1S/C38H48FNO11/c1-9-31(41)49-23-38(5,6)34(43)35(44)40-18-11-10-15-28(40)36(45)50-29(17-16-24-19-27(39)33(47-8)30(20-24)46-7)25-13-12-14-26(21-25)48-22-32(42)51-37(2,3)4/h9,12-14,19-21,28-29H,1,10-11,15-18,22-23H2,2-8H3/t28-,29+/m0/s1. The van der Waals surface area contributed by atoms with Gasteiger partial charge in [0.2, 0.25) is 5.78 Å². The highest BCUT2D eigenvalue weighted by Crippen LogP contribution is 2.34. The summed E-state index contributed by atoms with van der Waals surface area (Å²) in [6, 6.07) is 8.52. The van der Waals surface area contributed by atoms with Crippen LogP contribution in [0.3, 0.4) is 0 Å². The Kier molecular flexibility index (Phi) is 14.1. The van der Waals surface area contributed by atoms with Crippen molar-refractivity contribution >= 4 is 29.6 Å². The number of nitrogens with zero attached hydrogens (tertiary/aromatic N) is 1. The van der Waals surface area contributed by atoms with E-state index in [1.807, 2.05) is 0 Å². The molecule has 13 heteroatoms. The number of ether oxygens (including phenoxy) is 6. The van der Waals surface area contributed by atoms with Gasteiger partial charge in [0.15, 0.2) is 23.9 Å². The molecule has 1 heterocycles. The van der Waals surface area contributed by atoms with Crippen LogP contribution in [0.15, 0.2) is 49.1 Å². The van der Waals surface area contributed by atoms with Gasteiger partial charge in [-0.25, -0.2) is 18.8 Å². The number of carbonyl (C=O) groups excluding carboxylic acids is 5. The molecule has 2 aromatic rings. The van der Waals surface area contributed by atoms with Crippen molar-refractivity contribution in [2.24, 2.45) is 5.41 Å².